The highest BCUT2D eigenvalue weighted by Crippen LogP contribution is 2.39. The lowest BCUT2D eigenvalue weighted by Crippen LogP contribution is -2.35. The summed E-state index contributed by atoms with van der Waals surface area (Å²) in [4.78, 5) is 30.8. The number of amides is 1. The van der Waals surface area contributed by atoms with Gasteiger partial charge in [0.1, 0.15) is 17.9 Å². The Morgan fingerprint density at radius 2 is 2.00 bits per heavy atom. The lowest BCUT2D eigenvalue weighted by molar-refractivity contribution is 0.0716. The summed E-state index contributed by atoms with van der Waals surface area (Å²) < 4.78 is 11.7. The van der Waals surface area contributed by atoms with Gasteiger partial charge in [-0.3, -0.25) is 9.59 Å². The van der Waals surface area contributed by atoms with Crippen molar-refractivity contribution in [3.63, 3.8) is 0 Å². The summed E-state index contributed by atoms with van der Waals surface area (Å²) in [6.07, 6.45) is 2.49. The fourth-order valence-corrected chi connectivity index (χ4v) is 4.10. The molecule has 1 aliphatic rings. The first kappa shape index (κ1) is 21.8. The van der Waals surface area contributed by atoms with Gasteiger partial charge in [-0.25, -0.2) is 0 Å². The molecule has 32 heavy (non-hydrogen) atoms. The highest BCUT2D eigenvalue weighted by atomic mass is 16.5. The van der Waals surface area contributed by atoms with Gasteiger partial charge in [0, 0.05) is 13.1 Å². The second-order valence-corrected chi connectivity index (χ2v) is 8.23. The third kappa shape index (κ3) is 3.94. The van der Waals surface area contributed by atoms with Crippen molar-refractivity contribution in [1.82, 2.24) is 9.80 Å². The summed E-state index contributed by atoms with van der Waals surface area (Å²) in [7, 11) is 3.91. The molecule has 0 saturated carbocycles. The molecule has 0 saturated heterocycles. The average Bonchev–Trinajstić information content (AvgIpc) is 3.08. The molecule has 6 heteroatoms. The molecule has 6 nitrogen and oxygen atoms in total. The van der Waals surface area contributed by atoms with Crippen LogP contribution in [-0.2, 0) is 6.42 Å². The molecule has 4 rings (SSSR count). The Morgan fingerprint density at radius 1 is 1.19 bits per heavy atom. The van der Waals surface area contributed by atoms with E-state index in [-0.39, 0.29) is 17.1 Å². The molecule has 2 heterocycles. The first-order valence-electron chi connectivity index (χ1n) is 10.8. The smallest absolute Gasteiger partial charge is 0.290 e. The summed E-state index contributed by atoms with van der Waals surface area (Å²) in [5, 5.41) is 0.509. The quantitative estimate of drug-likeness (QED) is 0.503. The van der Waals surface area contributed by atoms with Gasteiger partial charge in [-0.15, -0.1) is 0 Å². The molecule has 1 aliphatic heterocycles. The third-order valence-corrected chi connectivity index (χ3v) is 5.77. The van der Waals surface area contributed by atoms with Crippen LogP contribution in [0.4, 0.5) is 0 Å². The molecular formula is C26H28N2O4. The molecule has 2 aromatic carbocycles. The number of aryl methyl sites for hydroxylation is 1. The number of rotatable bonds is 8. The highest BCUT2D eigenvalue weighted by molar-refractivity contribution is 5.99. The van der Waals surface area contributed by atoms with Gasteiger partial charge in [-0.05, 0) is 55.9 Å². The zero-order valence-electron chi connectivity index (χ0n) is 18.8. The van der Waals surface area contributed by atoms with Crippen LogP contribution in [0.5, 0.6) is 5.75 Å². The summed E-state index contributed by atoms with van der Waals surface area (Å²) >= 11 is 0. The average molecular weight is 433 g/mol. The fraction of sp³-hybridized carbons (Fsp3) is 0.308. The Bertz CT molecular complexity index is 1230. The number of fused-ring (bicyclic) bond motifs is 2. The molecule has 3 aromatic rings. The standard InChI is InChI=1S/C26H28N2O4/c1-5-14-31-19-9-7-8-18(16-19)23-22-24(29)20-15-17(6-2)10-11-21(20)32-25(22)26(30)28(23)13-12-27(3)4/h5,7-11,15-16,23H,1,6,12-14H2,2-4H3. The van der Waals surface area contributed by atoms with Crippen molar-refractivity contribution in [2.24, 2.45) is 0 Å². The van der Waals surface area contributed by atoms with Crippen molar-refractivity contribution in [2.45, 2.75) is 19.4 Å². The van der Waals surface area contributed by atoms with Crippen molar-refractivity contribution in [1.29, 1.82) is 0 Å². The van der Waals surface area contributed by atoms with E-state index in [1.165, 1.54) is 0 Å². The number of carbonyl (C=O) groups is 1. The minimum absolute atomic E-state index is 0.132. The van der Waals surface area contributed by atoms with E-state index >= 15 is 0 Å². The molecule has 166 valence electrons. The monoisotopic (exact) mass is 432 g/mol. The van der Waals surface area contributed by atoms with Gasteiger partial charge in [-0.2, -0.15) is 0 Å². The van der Waals surface area contributed by atoms with Crippen molar-refractivity contribution in [2.75, 3.05) is 33.8 Å². The molecule has 1 unspecified atom stereocenters. The molecular weight excluding hydrogens is 404 g/mol. The normalized spacial score (nSPS) is 15.4. The zero-order chi connectivity index (χ0) is 22.8. The topological polar surface area (TPSA) is 63.0 Å². The van der Waals surface area contributed by atoms with Gasteiger partial charge >= 0.3 is 0 Å². The number of nitrogens with zero attached hydrogens (tertiary/aromatic N) is 2. The van der Waals surface area contributed by atoms with Crippen molar-refractivity contribution in [3.05, 3.63) is 87.8 Å². The summed E-state index contributed by atoms with van der Waals surface area (Å²) in [6, 6.07) is 12.6. The lowest BCUT2D eigenvalue weighted by atomic mass is 9.97. The first-order valence-corrected chi connectivity index (χ1v) is 10.8. The predicted molar refractivity (Wildman–Crippen MR) is 125 cm³/mol. The van der Waals surface area contributed by atoms with E-state index in [2.05, 4.69) is 6.58 Å². The number of carbonyl (C=O) groups excluding carboxylic acids is 1. The molecule has 0 fully saturated rings. The maximum Gasteiger partial charge on any atom is 0.290 e. The SMILES string of the molecule is C=CCOc1cccc(C2c3c(oc4ccc(CC)cc4c3=O)C(=O)N2CCN(C)C)c1. The van der Waals surface area contributed by atoms with Gasteiger partial charge in [0.05, 0.1) is 17.0 Å². The van der Waals surface area contributed by atoms with Crippen LogP contribution < -0.4 is 10.2 Å². The molecule has 0 aliphatic carbocycles. The maximum atomic E-state index is 13.7. The molecule has 0 N–H and O–H groups in total. The second kappa shape index (κ2) is 9.01. The van der Waals surface area contributed by atoms with E-state index in [4.69, 9.17) is 9.15 Å². The molecule has 1 amide bonds. The number of ether oxygens (including phenoxy) is 1. The summed E-state index contributed by atoms with van der Waals surface area (Å²) in [5.74, 6) is 0.532. The van der Waals surface area contributed by atoms with Gasteiger partial charge in [0.25, 0.3) is 5.91 Å². The molecule has 0 spiro atoms. The number of likely N-dealkylation sites (N-methyl/N-ethyl adjacent to an activating group) is 1. The Balaban J connectivity index is 1.90. The highest BCUT2D eigenvalue weighted by Gasteiger charge is 2.42. The van der Waals surface area contributed by atoms with E-state index < -0.39 is 6.04 Å². The van der Waals surface area contributed by atoms with E-state index in [0.717, 1.165) is 17.5 Å². The number of hydrogen-bond acceptors (Lipinski definition) is 5. The van der Waals surface area contributed by atoms with E-state index in [1.54, 1.807) is 17.0 Å². The van der Waals surface area contributed by atoms with Crippen LogP contribution in [-0.4, -0.2) is 49.5 Å². The Morgan fingerprint density at radius 3 is 2.72 bits per heavy atom. The molecule has 0 radical (unpaired) electrons. The molecule has 0 bridgehead atoms. The minimum Gasteiger partial charge on any atom is -0.490 e. The van der Waals surface area contributed by atoms with E-state index in [9.17, 15) is 9.59 Å². The van der Waals surface area contributed by atoms with Gasteiger partial charge in [0.15, 0.2) is 5.43 Å². The van der Waals surface area contributed by atoms with Crippen LogP contribution in [0.1, 0.15) is 40.2 Å². The maximum absolute atomic E-state index is 13.7. The molecule has 1 aromatic heterocycles. The van der Waals surface area contributed by atoms with Crippen LogP contribution in [0.15, 0.2) is 64.3 Å². The van der Waals surface area contributed by atoms with Crippen LogP contribution >= 0.6 is 0 Å². The number of benzene rings is 2. The minimum atomic E-state index is -0.532. The Kier molecular flexibility index (Phi) is 6.15. The third-order valence-electron chi connectivity index (χ3n) is 5.77. The predicted octanol–water partition coefficient (Wildman–Crippen LogP) is 4.03. The zero-order valence-corrected chi connectivity index (χ0v) is 18.8. The first-order chi connectivity index (χ1) is 15.4. The lowest BCUT2D eigenvalue weighted by Gasteiger charge is -2.26. The summed E-state index contributed by atoms with van der Waals surface area (Å²) in [5.41, 5.74) is 2.55. The van der Waals surface area contributed by atoms with Crippen molar-refractivity contribution in [3.8, 4) is 5.75 Å². The van der Waals surface area contributed by atoms with Crippen LogP contribution in [0, 0.1) is 0 Å². The summed E-state index contributed by atoms with van der Waals surface area (Å²) in [6.45, 7) is 7.23. The fourth-order valence-electron chi connectivity index (χ4n) is 4.10. The largest absolute Gasteiger partial charge is 0.490 e. The van der Waals surface area contributed by atoms with Gasteiger partial charge < -0.3 is 19.0 Å². The van der Waals surface area contributed by atoms with Crippen molar-refractivity contribution < 1.29 is 13.9 Å². The van der Waals surface area contributed by atoms with Gasteiger partial charge in [0.2, 0.25) is 5.76 Å². The van der Waals surface area contributed by atoms with Crippen LogP contribution in [0.2, 0.25) is 0 Å². The Hall–Kier alpha value is -3.38. The van der Waals surface area contributed by atoms with E-state index in [0.29, 0.717) is 42.0 Å². The van der Waals surface area contributed by atoms with E-state index in [1.807, 2.05) is 62.3 Å². The second-order valence-electron chi connectivity index (χ2n) is 8.23. The number of hydrogen-bond donors (Lipinski definition) is 0. The van der Waals surface area contributed by atoms with Crippen LogP contribution in [0.3, 0.4) is 0 Å². The van der Waals surface area contributed by atoms with Gasteiger partial charge in [-0.1, -0.05) is 37.8 Å². The van der Waals surface area contributed by atoms with Crippen LogP contribution in [0.25, 0.3) is 11.0 Å². The Labute approximate surface area is 187 Å². The molecule has 1 atom stereocenters. The van der Waals surface area contributed by atoms with Crippen molar-refractivity contribution >= 4 is 16.9 Å².